The van der Waals surface area contributed by atoms with Gasteiger partial charge in [-0.15, -0.1) is 0 Å². The number of phenols is 1. The zero-order chi connectivity index (χ0) is 24.3. The number of ether oxygens (including phenoxy) is 2. The number of carbonyl (C=O) groups excluding carboxylic acids is 2. The van der Waals surface area contributed by atoms with E-state index in [2.05, 4.69) is 30.5 Å². The summed E-state index contributed by atoms with van der Waals surface area (Å²) in [6, 6.07) is 5.50. The summed E-state index contributed by atoms with van der Waals surface area (Å²) in [6.45, 7) is 9.13. The Morgan fingerprint density at radius 1 is 1.24 bits per heavy atom. The van der Waals surface area contributed by atoms with Gasteiger partial charge in [0.1, 0.15) is 5.75 Å². The third kappa shape index (κ3) is 5.74. The first-order valence-corrected chi connectivity index (χ1v) is 15.4. The molecule has 2 unspecified atom stereocenters. The fourth-order valence-corrected chi connectivity index (χ4v) is 5.21. The molecule has 0 aromatic heterocycles. The SMILES string of the molecule is CCCOC(=O)C1=C2c3cc(O)ccc3C(CC2NNC(N)=S)[C@H]1C(=O)OCC[Si](C)(C)C. The van der Waals surface area contributed by atoms with Gasteiger partial charge in [-0.1, -0.05) is 32.6 Å². The van der Waals surface area contributed by atoms with Crippen LogP contribution in [0.25, 0.3) is 5.57 Å². The Hall–Kier alpha value is -2.43. The highest BCUT2D eigenvalue weighted by Gasteiger charge is 2.51. The van der Waals surface area contributed by atoms with E-state index in [1.165, 1.54) is 0 Å². The van der Waals surface area contributed by atoms with Crippen molar-refractivity contribution in [1.82, 2.24) is 10.9 Å². The van der Waals surface area contributed by atoms with E-state index in [9.17, 15) is 14.7 Å². The van der Waals surface area contributed by atoms with Crippen LogP contribution in [0.2, 0.25) is 25.7 Å². The average molecular weight is 492 g/mol. The van der Waals surface area contributed by atoms with Gasteiger partial charge in [-0.2, -0.15) is 0 Å². The Morgan fingerprint density at radius 2 is 1.97 bits per heavy atom. The normalized spacial score (nSPS) is 21.4. The number of hydrogen-bond acceptors (Lipinski definition) is 7. The zero-order valence-electron chi connectivity index (χ0n) is 19.6. The molecular weight excluding hydrogens is 458 g/mol. The maximum atomic E-state index is 13.3. The summed E-state index contributed by atoms with van der Waals surface area (Å²) in [4.78, 5) is 26.6. The van der Waals surface area contributed by atoms with E-state index in [1.54, 1.807) is 12.1 Å². The van der Waals surface area contributed by atoms with Crippen LogP contribution in [-0.4, -0.2) is 49.5 Å². The molecule has 10 heteroatoms. The Morgan fingerprint density at radius 3 is 2.61 bits per heavy atom. The lowest BCUT2D eigenvalue weighted by Gasteiger charge is -2.44. The fraction of sp³-hybridized carbons (Fsp3) is 0.522. The van der Waals surface area contributed by atoms with Crippen LogP contribution in [0.1, 0.15) is 36.8 Å². The second-order valence-corrected chi connectivity index (χ2v) is 15.8. The summed E-state index contributed by atoms with van der Waals surface area (Å²) in [7, 11) is -1.39. The van der Waals surface area contributed by atoms with Crippen molar-refractivity contribution in [2.75, 3.05) is 13.2 Å². The minimum atomic E-state index is -1.39. The van der Waals surface area contributed by atoms with Gasteiger partial charge in [0.25, 0.3) is 0 Å². The van der Waals surface area contributed by atoms with Crippen molar-refractivity contribution in [3.05, 3.63) is 34.9 Å². The van der Waals surface area contributed by atoms with Gasteiger partial charge in [-0.05, 0) is 59.9 Å². The lowest BCUT2D eigenvalue weighted by Crippen LogP contribution is -2.52. The Bertz CT molecular complexity index is 975. The Balaban J connectivity index is 2.06. The molecule has 3 aliphatic carbocycles. The Labute approximate surface area is 200 Å². The summed E-state index contributed by atoms with van der Waals surface area (Å²) in [5.74, 6) is -1.98. The van der Waals surface area contributed by atoms with Gasteiger partial charge in [0, 0.05) is 14.0 Å². The zero-order valence-corrected chi connectivity index (χ0v) is 21.4. The molecule has 0 fully saturated rings. The molecule has 4 rings (SSSR count). The van der Waals surface area contributed by atoms with Crippen molar-refractivity contribution in [1.29, 1.82) is 0 Å². The van der Waals surface area contributed by atoms with Crippen molar-refractivity contribution in [2.24, 2.45) is 11.7 Å². The van der Waals surface area contributed by atoms with E-state index in [0.717, 1.165) is 11.6 Å². The summed E-state index contributed by atoms with van der Waals surface area (Å²) in [5.41, 5.74) is 13.9. The van der Waals surface area contributed by atoms with Crippen molar-refractivity contribution in [3.8, 4) is 5.75 Å². The monoisotopic (exact) mass is 491 g/mol. The number of benzene rings is 1. The number of rotatable bonds is 9. The van der Waals surface area contributed by atoms with Crippen molar-refractivity contribution < 1.29 is 24.2 Å². The highest BCUT2D eigenvalue weighted by molar-refractivity contribution is 7.80. The quantitative estimate of drug-likeness (QED) is 0.179. The van der Waals surface area contributed by atoms with Crippen molar-refractivity contribution >= 4 is 42.9 Å². The van der Waals surface area contributed by atoms with Gasteiger partial charge in [0.05, 0.1) is 30.7 Å². The predicted molar refractivity (Wildman–Crippen MR) is 133 cm³/mol. The lowest BCUT2D eigenvalue weighted by atomic mass is 9.62. The van der Waals surface area contributed by atoms with E-state index in [0.29, 0.717) is 30.6 Å². The second kappa shape index (κ2) is 10.2. The van der Waals surface area contributed by atoms with Crippen molar-refractivity contribution in [3.63, 3.8) is 0 Å². The van der Waals surface area contributed by atoms with Crippen LogP contribution in [-0.2, 0) is 19.1 Å². The third-order valence-corrected chi connectivity index (χ3v) is 7.75. The molecular formula is C23H33N3O5SSi. The summed E-state index contributed by atoms with van der Waals surface area (Å²) in [6.07, 6.45) is 1.19. The van der Waals surface area contributed by atoms with Gasteiger partial charge >= 0.3 is 11.9 Å². The molecule has 33 heavy (non-hydrogen) atoms. The number of hydrogen-bond donors (Lipinski definition) is 4. The minimum absolute atomic E-state index is 0.0607. The molecule has 3 atom stereocenters. The summed E-state index contributed by atoms with van der Waals surface area (Å²) >= 11 is 4.92. The first kappa shape index (κ1) is 25.2. The average Bonchev–Trinajstić information content (AvgIpc) is 2.74. The van der Waals surface area contributed by atoms with Gasteiger partial charge in [0.15, 0.2) is 5.11 Å². The molecule has 3 aliphatic rings. The molecule has 0 heterocycles. The van der Waals surface area contributed by atoms with Crippen LogP contribution in [0.3, 0.4) is 0 Å². The predicted octanol–water partition coefficient (Wildman–Crippen LogP) is 2.80. The smallest absolute Gasteiger partial charge is 0.335 e. The van der Waals surface area contributed by atoms with E-state index < -0.39 is 25.9 Å². The van der Waals surface area contributed by atoms with Crippen molar-refractivity contribution in [2.45, 2.75) is 57.4 Å². The van der Waals surface area contributed by atoms with Gasteiger partial charge in [-0.3, -0.25) is 10.2 Å². The molecule has 0 radical (unpaired) electrons. The molecule has 0 spiro atoms. The topological polar surface area (TPSA) is 123 Å². The first-order valence-electron chi connectivity index (χ1n) is 11.3. The van der Waals surface area contributed by atoms with E-state index >= 15 is 0 Å². The van der Waals surface area contributed by atoms with Crippen LogP contribution in [0.4, 0.5) is 0 Å². The number of esters is 2. The highest BCUT2D eigenvalue weighted by Crippen LogP contribution is 2.53. The molecule has 0 amide bonds. The van der Waals surface area contributed by atoms with Crippen LogP contribution in [0.5, 0.6) is 5.75 Å². The van der Waals surface area contributed by atoms with Crippen LogP contribution >= 0.6 is 12.2 Å². The summed E-state index contributed by atoms with van der Waals surface area (Å²) in [5, 5.41) is 10.2. The van der Waals surface area contributed by atoms with E-state index in [4.69, 9.17) is 27.4 Å². The van der Waals surface area contributed by atoms with Gasteiger partial charge in [0.2, 0.25) is 0 Å². The number of nitrogens with one attached hydrogen (secondary N) is 2. The molecule has 2 bridgehead atoms. The van der Waals surface area contributed by atoms with Gasteiger partial charge < -0.3 is 20.3 Å². The molecule has 180 valence electrons. The molecule has 0 saturated heterocycles. The van der Waals surface area contributed by atoms with E-state index in [-0.39, 0.29) is 35.0 Å². The molecule has 5 N–H and O–H groups in total. The second-order valence-electron chi connectivity index (χ2n) is 9.72. The standard InChI is InChI=1S/C23H33N3O5SSi/c1-5-8-30-22(29)20-18-15-11-13(27)6-7-14(15)16(12-17(18)25-26-23(24)32)19(20)21(28)31-9-10-33(2,3)4/h6-7,11,16-17,19,25,27H,5,8-10,12H2,1-4H3,(H3,24,26,32)/t16?,17?,19-/m1/s1. The number of phenolic OH excluding ortho intramolecular Hbond substituents is 1. The molecule has 8 nitrogen and oxygen atoms in total. The molecule has 1 aromatic carbocycles. The van der Waals surface area contributed by atoms with Crippen LogP contribution in [0, 0.1) is 5.92 Å². The number of thiocarbonyl (C=S) groups is 1. The minimum Gasteiger partial charge on any atom is -0.508 e. The number of carbonyl (C=O) groups is 2. The largest absolute Gasteiger partial charge is 0.508 e. The number of nitrogens with two attached hydrogens (primary N) is 1. The van der Waals surface area contributed by atoms with Gasteiger partial charge in [-0.25, -0.2) is 10.2 Å². The fourth-order valence-electron chi connectivity index (χ4n) is 4.43. The molecule has 0 aliphatic heterocycles. The molecule has 0 saturated carbocycles. The number of fused-ring (bicyclic) bond motifs is 2. The van der Waals surface area contributed by atoms with E-state index in [1.807, 2.05) is 13.0 Å². The Kier molecular flexibility index (Phi) is 7.81. The maximum Gasteiger partial charge on any atom is 0.335 e. The van der Waals surface area contributed by atoms with Crippen LogP contribution in [0.15, 0.2) is 23.8 Å². The maximum absolute atomic E-state index is 13.3. The first-order chi connectivity index (χ1) is 15.5. The highest BCUT2D eigenvalue weighted by atomic mass is 32.1. The van der Waals surface area contributed by atoms with Crippen LogP contribution < -0.4 is 16.6 Å². The summed E-state index contributed by atoms with van der Waals surface area (Å²) < 4.78 is 11.2. The number of hydrazine groups is 1. The number of aromatic hydroxyl groups is 1. The lowest BCUT2D eigenvalue weighted by molar-refractivity contribution is -0.151. The molecule has 1 aromatic rings. The third-order valence-electron chi connectivity index (χ3n) is 5.95.